The minimum Gasteiger partial charge on any atom is -0.311 e. The molecule has 0 saturated carbocycles. The number of halogens is 1. The summed E-state index contributed by atoms with van der Waals surface area (Å²) < 4.78 is 22.4. The Morgan fingerprint density at radius 2 is 2.12 bits per heavy atom. The number of anilines is 1. The predicted molar refractivity (Wildman–Crippen MR) is 65.3 cm³/mol. The quantitative estimate of drug-likeness (QED) is 0.863. The van der Waals surface area contributed by atoms with E-state index in [1.165, 1.54) is 4.90 Å². The van der Waals surface area contributed by atoms with Crippen LogP contribution in [0.1, 0.15) is 6.42 Å². The van der Waals surface area contributed by atoms with Gasteiger partial charge in [0, 0.05) is 23.7 Å². The first kappa shape index (κ1) is 12.3. The molecule has 0 aromatic heterocycles. The third-order valence-electron chi connectivity index (χ3n) is 2.67. The van der Waals surface area contributed by atoms with E-state index >= 15 is 0 Å². The summed E-state index contributed by atoms with van der Waals surface area (Å²) in [5.41, 5.74) is 0.591. The summed E-state index contributed by atoms with van der Waals surface area (Å²) in [5, 5.41) is 4.70. The van der Waals surface area contributed by atoms with E-state index in [0.29, 0.717) is 10.7 Å². The van der Waals surface area contributed by atoms with Gasteiger partial charge in [0.2, 0.25) is 15.9 Å². The number of rotatable bonds is 2. The van der Waals surface area contributed by atoms with Crippen molar-refractivity contribution < 1.29 is 13.2 Å². The molecule has 1 aliphatic rings. The molecule has 1 saturated heterocycles. The zero-order valence-electron chi connectivity index (χ0n) is 8.84. The lowest BCUT2D eigenvalue weighted by Crippen LogP contribution is -2.32. The van der Waals surface area contributed by atoms with Gasteiger partial charge < -0.3 is 4.90 Å². The molecule has 0 spiro atoms. The van der Waals surface area contributed by atoms with Crippen molar-refractivity contribution in [3.05, 3.63) is 29.3 Å². The molecule has 2 rings (SSSR count). The van der Waals surface area contributed by atoms with Crippen LogP contribution in [0, 0.1) is 0 Å². The van der Waals surface area contributed by atoms with Crippen molar-refractivity contribution in [2.24, 2.45) is 5.14 Å². The number of hydrogen-bond acceptors (Lipinski definition) is 3. The fourth-order valence-electron chi connectivity index (χ4n) is 1.79. The Labute approximate surface area is 104 Å². The van der Waals surface area contributed by atoms with Crippen molar-refractivity contribution in [2.45, 2.75) is 11.7 Å². The highest BCUT2D eigenvalue weighted by Crippen LogP contribution is 2.26. The molecule has 1 amide bonds. The highest BCUT2D eigenvalue weighted by Gasteiger charge is 2.37. The Morgan fingerprint density at radius 1 is 1.41 bits per heavy atom. The molecule has 92 valence electrons. The third-order valence-corrected chi connectivity index (χ3v) is 4.15. The van der Waals surface area contributed by atoms with Crippen LogP contribution in [-0.4, -0.2) is 26.1 Å². The smallest absolute Gasteiger partial charge is 0.228 e. The molecule has 0 radical (unpaired) electrons. The van der Waals surface area contributed by atoms with Gasteiger partial charge >= 0.3 is 0 Å². The topological polar surface area (TPSA) is 80.5 Å². The fourth-order valence-corrected chi connectivity index (χ4v) is 2.70. The maximum Gasteiger partial charge on any atom is 0.228 e. The van der Waals surface area contributed by atoms with Gasteiger partial charge in [0.25, 0.3) is 0 Å². The minimum atomic E-state index is -3.68. The molecule has 1 heterocycles. The zero-order valence-corrected chi connectivity index (χ0v) is 10.4. The third kappa shape index (κ3) is 2.59. The molecule has 17 heavy (non-hydrogen) atoms. The highest BCUT2D eigenvalue weighted by molar-refractivity contribution is 7.89. The SMILES string of the molecule is NS(=O)(=O)C1CC(=O)N(c2cccc(Cl)c2)C1. The Bertz CT molecular complexity index is 558. The number of primary sulfonamides is 1. The second-order valence-corrected chi connectivity index (χ2v) is 6.18. The number of carbonyl (C=O) groups is 1. The monoisotopic (exact) mass is 274 g/mol. The van der Waals surface area contributed by atoms with Crippen molar-refractivity contribution >= 4 is 33.2 Å². The molecule has 5 nitrogen and oxygen atoms in total. The van der Waals surface area contributed by atoms with Crippen molar-refractivity contribution in [1.29, 1.82) is 0 Å². The number of nitrogens with two attached hydrogens (primary N) is 1. The fraction of sp³-hybridized carbons (Fsp3) is 0.300. The summed E-state index contributed by atoms with van der Waals surface area (Å²) in [6.45, 7) is 0.0814. The van der Waals surface area contributed by atoms with Crippen molar-refractivity contribution in [3.8, 4) is 0 Å². The molecule has 0 aliphatic carbocycles. The van der Waals surface area contributed by atoms with Gasteiger partial charge in [-0.15, -0.1) is 0 Å². The van der Waals surface area contributed by atoms with Gasteiger partial charge in [0.15, 0.2) is 0 Å². The number of carbonyl (C=O) groups excluding carboxylic acids is 1. The molecule has 1 aromatic rings. The number of hydrogen-bond donors (Lipinski definition) is 1. The number of benzene rings is 1. The lowest BCUT2D eigenvalue weighted by Gasteiger charge is -2.16. The lowest BCUT2D eigenvalue weighted by molar-refractivity contribution is -0.117. The van der Waals surface area contributed by atoms with Crippen molar-refractivity contribution in [3.63, 3.8) is 0 Å². The minimum absolute atomic E-state index is 0.0780. The standard InChI is InChI=1S/C10H11ClN2O3S/c11-7-2-1-3-8(4-7)13-6-9(5-10(13)14)17(12,15)16/h1-4,9H,5-6H2,(H2,12,15,16). The van der Waals surface area contributed by atoms with Gasteiger partial charge in [0.05, 0.1) is 0 Å². The summed E-state index contributed by atoms with van der Waals surface area (Å²) >= 11 is 5.82. The van der Waals surface area contributed by atoms with E-state index in [1.807, 2.05) is 0 Å². The van der Waals surface area contributed by atoms with Gasteiger partial charge in [-0.1, -0.05) is 17.7 Å². The molecule has 1 aromatic carbocycles. The second kappa shape index (κ2) is 4.29. The van der Waals surface area contributed by atoms with Gasteiger partial charge in [-0.05, 0) is 18.2 Å². The summed E-state index contributed by atoms with van der Waals surface area (Å²) in [6, 6.07) is 6.71. The van der Waals surface area contributed by atoms with Crippen LogP contribution in [0.2, 0.25) is 5.02 Å². The Hall–Kier alpha value is -1.11. The first-order valence-corrected chi connectivity index (χ1v) is 6.94. The number of sulfonamides is 1. The van der Waals surface area contributed by atoms with Crippen LogP contribution in [0.25, 0.3) is 0 Å². The maximum atomic E-state index is 11.7. The summed E-state index contributed by atoms with van der Waals surface area (Å²) in [7, 11) is -3.68. The van der Waals surface area contributed by atoms with Crippen molar-refractivity contribution in [1.82, 2.24) is 0 Å². The highest BCUT2D eigenvalue weighted by atomic mass is 35.5. The first-order chi connectivity index (χ1) is 7.88. The Morgan fingerprint density at radius 3 is 2.65 bits per heavy atom. The summed E-state index contributed by atoms with van der Waals surface area (Å²) in [5.74, 6) is -0.258. The van der Waals surface area contributed by atoms with E-state index in [1.54, 1.807) is 24.3 Å². The Balaban J connectivity index is 2.28. The average molecular weight is 275 g/mol. The maximum absolute atomic E-state index is 11.7. The number of nitrogens with zero attached hydrogens (tertiary/aromatic N) is 1. The summed E-state index contributed by atoms with van der Waals surface area (Å²) in [4.78, 5) is 13.1. The largest absolute Gasteiger partial charge is 0.311 e. The van der Waals surface area contributed by atoms with E-state index < -0.39 is 15.3 Å². The zero-order chi connectivity index (χ0) is 12.6. The van der Waals surface area contributed by atoms with E-state index in [2.05, 4.69) is 0 Å². The van der Waals surface area contributed by atoms with Crippen LogP contribution in [-0.2, 0) is 14.8 Å². The molecule has 1 aliphatic heterocycles. The van der Waals surface area contributed by atoms with E-state index in [4.69, 9.17) is 16.7 Å². The van der Waals surface area contributed by atoms with Crippen LogP contribution in [0.5, 0.6) is 0 Å². The van der Waals surface area contributed by atoms with Crippen LogP contribution in [0.3, 0.4) is 0 Å². The molecule has 0 bridgehead atoms. The van der Waals surface area contributed by atoms with Crippen LogP contribution in [0.15, 0.2) is 24.3 Å². The van der Waals surface area contributed by atoms with E-state index in [9.17, 15) is 13.2 Å². The molecular weight excluding hydrogens is 264 g/mol. The normalized spacial score (nSPS) is 20.9. The molecule has 1 unspecified atom stereocenters. The van der Waals surface area contributed by atoms with Crippen LogP contribution in [0.4, 0.5) is 5.69 Å². The number of amides is 1. The molecule has 1 fully saturated rings. The second-order valence-electron chi connectivity index (χ2n) is 3.90. The molecule has 2 N–H and O–H groups in total. The predicted octanol–water partition coefficient (Wildman–Crippen LogP) is 0.734. The van der Waals surface area contributed by atoms with Gasteiger partial charge in [0.1, 0.15) is 5.25 Å². The molecular formula is C10H11ClN2O3S. The molecule has 7 heteroatoms. The van der Waals surface area contributed by atoms with Gasteiger partial charge in [-0.3, -0.25) is 4.79 Å². The van der Waals surface area contributed by atoms with Crippen molar-refractivity contribution in [2.75, 3.05) is 11.4 Å². The Kier molecular flexibility index (Phi) is 3.11. The summed E-state index contributed by atoms with van der Waals surface area (Å²) in [6.07, 6.45) is -0.0780. The lowest BCUT2D eigenvalue weighted by atomic mass is 10.3. The van der Waals surface area contributed by atoms with Crippen LogP contribution >= 0.6 is 11.6 Å². The van der Waals surface area contributed by atoms with E-state index in [-0.39, 0.29) is 18.9 Å². The first-order valence-electron chi connectivity index (χ1n) is 4.95. The van der Waals surface area contributed by atoms with Gasteiger partial charge in [-0.2, -0.15) is 0 Å². The van der Waals surface area contributed by atoms with E-state index in [0.717, 1.165) is 0 Å². The van der Waals surface area contributed by atoms with Crippen LogP contribution < -0.4 is 10.0 Å². The average Bonchev–Trinajstić information content (AvgIpc) is 2.60. The molecule has 1 atom stereocenters. The van der Waals surface area contributed by atoms with Gasteiger partial charge in [-0.25, -0.2) is 13.6 Å².